The molecule has 0 saturated carbocycles. The molecular weight excluding hydrogens is 1540 g/mol. The molecule has 17 aromatic carbocycles. The highest BCUT2D eigenvalue weighted by atomic mass is 32.1. The Balaban J connectivity index is 0.593. The molecule has 0 fully saturated rings. The number of rotatable bonds is 10. The van der Waals surface area contributed by atoms with Gasteiger partial charge in [0, 0.05) is 140 Å². The summed E-state index contributed by atoms with van der Waals surface area (Å²) in [7, 11) is 0. The molecule has 0 N–H and O–H groups in total. The number of thiophene rings is 2. The van der Waals surface area contributed by atoms with Crippen molar-refractivity contribution in [2.45, 2.75) is 0 Å². The summed E-state index contributed by atoms with van der Waals surface area (Å²) in [5.41, 5.74) is 22.0. The fraction of sp³-hybridized carbons (Fsp3) is 0. The van der Waals surface area contributed by atoms with Gasteiger partial charge in [-0.1, -0.05) is 273 Å². The van der Waals surface area contributed by atoms with Crippen molar-refractivity contribution in [2.75, 3.05) is 0 Å². The number of para-hydroxylation sites is 7. The fourth-order valence-corrected chi connectivity index (χ4v) is 22.6. The first-order valence-electron chi connectivity index (χ1n) is 41.5. The topological polar surface area (TPSA) is 102 Å². The maximum Gasteiger partial charge on any atom is 0.238 e. The lowest BCUT2D eigenvalue weighted by atomic mass is 9.92. The summed E-state index contributed by atoms with van der Waals surface area (Å²) >= 11 is 3.69. The van der Waals surface area contributed by atoms with Crippen molar-refractivity contribution in [2.24, 2.45) is 0 Å². The Bertz CT molecular complexity index is 9220. The first kappa shape index (κ1) is 67.9. The van der Waals surface area contributed by atoms with Gasteiger partial charge in [-0.15, -0.1) is 22.7 Å². The zero-order valence-electron chi connectivity index (χ0n) is 65.6. The first-order valence-corrected chi connectivity index (χ1v) is 43.1. The zero-order chi connectivity index (χ0) is 80.2. The van der Waals surface area contributed by atoms with E-state index in [0.717, 1.165) is 165 Å². The Morgan fingerprint density at radius 2 is 0.724 bits per heavy atom. The van der Waals surface area contributed by atoms with Crippen molar-refractivity contribution in [3.63, 3.8) is 0 Å². The van der Waals surface area contributed by atoms with Crippen LogP contribution in [0.25, 0.3) is 256 Å². The summed E-state index contributed by atoms with van der Waals surface area (Å²) in [5, 5.41) is 19.7. The van der Waals surface area contributed by atoms with Crippen molar-refractivity contribution in [1.29, 1.82) is 0 Å². The Morgan fingerprint density at radius 1 is 0.220 bits per heavy atom. The first-order chi connectivity index (χ1) is 61.0. The largest absolute Gasteiger partial charge is 0.309 e. The molecule has 0 atom stereocenters. The second-order valence-corrected chi connectivity index (χ2v) is 34.0. The number of nitrogens with zero attached hydrogens (tertiary/aromatic N) is 11. The highest BCUT2D eigenvalue weighted by Gasteiger charge is 2.30. The minimum Gasteiger partial charge on any atom is -0.309 e. The van der Waals surface area contributed by atoms with Gasteiger partial charge >= 0.3 is 0 Å². The molecule has 0 amide bonds. The van der Waals surface area contributed by atoms with E-state index in [1.165, 1.54) is 68.3 Å². The summed E-state index contributed by atoms with van der Waals surface area (Å²) in [6.07, 6.45) is 1.99. The van der Waals surface area contributed by atoms with E-state index in [1.54, 1.807) is 11.3 Å². The van der Waals surface area contributed by atoms with Crippen LogP contribution in [0.5, 0.6) is 0 Å². The van der Waals surface area contributed by atoms with Crippen LogP contribution in [-0.4, -0.2) is 52.7 Å². The molecule has 0 aliphatic heterocycles. The van der Waals surface area contributed by atoms with Crippen LogP contribution in [0.2, 0.25) is 0 Å². The van der Waals surface area contributed by atoms with Gasteiger partial charge < -0.3 is 9.13 Å². The molecule has 27 aromatic rings. The van der Waals surface area contributed by atoms with Gasteiger partial charge in [0.25, 0.3) is 0 Å². The smallest absolute Gasteiger partial charge is 0.238 e. The van der Waals surface area contributed by atoms with E-state index in [9.17, 15) is 0 Å². The van der Waals surface area contributed by atoms with E-state index in [4.69, 9.17) is 29.9 Å². The Hall–Kier alpha value is -16.1. The van der Waals surface area contributed by atoms with Crippen molar-refractivity contribution in [3.05, 3.63) is 382 Å². The Morgan fingerprint density at radius 3 is 1.47 bits per heavy atom. The van der Waals surface area contributed by atoms with Gasteiger partial charge in [0.15, 0.2) is 17.5 Å². The number of pyridine rings is 1. The lowest BCUT2D eigenvalue weighted by Crippen LogP contribution is -2.07. The van der Waals surface area contributed by atoms with E-state index < -0.39 is 0 Å². The van der Waals surface area contributed by atoms with Crippen LogP contribution in [0.15, 0.2) is 382 Å². The second-order valence-electron chi connectivity index (χ2n) is 31.9. The van der Waals surface area contributed by atoms with Crippen LogP contribution < -0.4 is 0 Å². The molecule has 123 heavy (non-hydrogen) atoms. The highest BCUT2D eigenvalue weighted by molar-refractivity contribution is 7.27. The minimum atomic E-state index is 0.533. The summed E-state index contributed by atoms with van der Waals surface area (Å²) in [6, 6.07) is 136. The molecule has 27 rings (SSSR count). The van der Waals surface area contributed by atoms with E-state index in [-0.39, 0.29) is 0 Å². The van der Waals surface area contributed by atoms with Crippen LogP contribution in [0.4, 0.5) is 0 Å². The third-order valence-electron chi connectivity index (χ3n) is 25.4. The summed E-state index contributed by atoms with van der Waals surface area (Å²) in [6.45, 7) is 0. The summed E-state index contributed by atoms with van der Waals surface area (Å²) in [5.74, 6) is 3.21. The van der Waals surface area contributed by atoms with E-state index >= 15 is 0 Å². The maximum atomic E-state index is 5.61. The van der Waals surface area contributed by atoms with E-state index in [2.05, 4.69) is 381 Å². The number of fused-ring (bicyclic) bond motifs is 27. The predicted molar refractivity (Wildman–Crippen MR) is 513 cm³/mol. The monoisotopic (exact) mass is 1600 g/mol. The molecule has 0 unspecified atom stereocenters. The van der Waals surface area contributed by atoms with Gasteiger partial charge in [0.1, 0.15) is 0 Å². The van der Waals surface area contributed by atoms with Gasteiger partial charge in [0.2, 0.25) is 11.9 Å². The molecule has 10 aromatic heterocycles. The quantitative estimate of drug-likeness (QED) is 0.135. The summed E-state index contributed by atoms with van der Waals surface area (Å²) < 4.78 is 16.7. The predicted octanol–water partition coefficient (Wildman–Crippen LogP) is 28.9. The normalized spacial score (nSPS) is 12.2. The highest BCUT2D eigenvalue weighted by Crippen LogP contribution is 2.53. The van der Waals surface area contributed by atoms with Crippen molar-refractivity contribution < 1.29 is 0 Å². The molecule has 0 aliphatic carbocycles. The van der Waals surface area contributed by atoms with E-state index in [0.29, 0.717) is 23.5 Å². The molecule has 0 aliphatic rings. The molecule has 0 saturated heterocycles. The molecular formula is C110H63N11S2. The van der Waals surface area contributed by atoms with Crippen molar-refractivity contribution >= 4 is 194 Å². The molecule has 11 nitrogen and oxygen atoms in total. The fourth-order valence-electron chi connectivity index (χ4n) is 20.2. The average Bonchev–Trinajstić information content (AvgIpc) is 1.54. The number of benzene rings is 17. The minimum absolute atomic E-state index is 0.533. The average molecular weight is 1600 g/mol. The molecule has 0 radical (unpaired) electrons. The third-order valence-corrected chi connectivity index (χ3v) is 27.8. The lowest BCUT2D eigenvalue weighted by Gasteiger charge is -2.15. The van der Waals surface area contributed by atoms with Gasteiger partial charge in [-0.2, -0.15) is 9.97 Å². The maximum absolute atomic E-state index is 5.61. The van der Waals surface area contributed by atoms with E-state index in [1.807, 2.05) is 35.7 Å². The van der Waals surface area contributed by atoms with Gasteiger partial charge in [-0.05, 0) is 125 Å². The SMILES string of the molecule is c1ccc(-c2nc(-c3cccc(-c4ccc5c(c4)c4ccccc4n5-c4nccc5c4sc4ccc(-n6c7ccccc7c7c(-c8cccc9c8c8sc%10ccccc%10c8c8c%10ccccc%10n(-c%10nc(-c%11ccccc%11)c%11ccccc%11n%10)c98)cccc76)cc45)c3)nc(-n3c4ccccc4c4ccc5c6ccccc6n(-c6ccccc6)c5c43)n2)cc1. The van der Waals surface area contributed by atoms with Gasteiger partial charge in [-0.25, -0.2) is 19.9 Å². The standard InChI is InChI=1S/C110H63N11S2/c1-4-27-64(28-5-1)100-79-38-10-17-45-86(79)112-109(113-100)120-91-50-22-15-40-81(91)98-99-82-41-16-23-52-94(82)123-105(99)97-75(42-25-44-83(97)101(98)120)74-43-26-51-93-96(74)80-39-14-21-49-90(80)117(93)70-54-58-95-85(63-70)78-59-60-111-108(104(78)122-95)119-88-47-19-13-37-73(88)84-62-67(53-57-92(84)119)66-31-24-32-68(61-66)107-114-106(65-29-6-2-7-30-65)115-110(116-107)121-89-48-20-12-36-72(89)77-56-55-76-71-35-11-18-46-87(71)118(102(76)103(77)121)69-33-8-3-9-34-69/h1-63H. The van der Waals surface area contributed by atoms with Crippen LogP contribution in [0.3, 0.4) is 0 Å². The molecule has 13 heteroatoms. The van der Waals surface area contributed by atoms with Gasteiger partial charge in [0.05, 0.1) is 71.1 Å². The third kappa shape index (κ3) is 9.90. The van der Waals surface area contributed by atoms with Crippen LogP contribution in [-0.2, 0) is 0 Å². The zero-order valence-corrected chi connectivity index (χ0v) is 67.2. The Kier molecular flexibility index (Phi) is 14.5. The second kappa shape index (κ2) is 26.2. The lowest BCUT2D eigenvalue weighted by molar-refractivity contribution is 0.953. The van der Waals surface area contributed by atoms with Crippen molar-refractivity contribution in [1.82, 2.24) is 52.7 Å². The molecule has 570 valence electrons. The van der Waals surface area contributed by atoms with Crippen molar-refractivity contribution in [3.8, 4) is 85.4 Å². The molecule has 0 spiro atoms. The van der Waals surface area contributed by atoms with Crippen LogP contribution >= 0.6 is 22.7 Å². The van der Waals surface area contributed by atoms with Crippen LogP contribution in [0, 0.1) is 0 Å². The molecule has 10 heterocycles. The molecule has 0 bridgehead atoms. The van der Waals surface area contributed by atoms with Gasteiger partial charge in [-0.3, -0.25) is 13.7 Å². The number of hydrogen-bond acceptors (Lipinski definition) is 8. The summed E-state index contributed by atoms with van der Waals surface area (Å²) in [4.78, 5) is 32.8. The number of hydrogen-bond donors (Lipinski definition) is 0. The number of aromatic nitrogens is 11. The Labute approximate surface area is 709 Å². The van der Waals surface area contributed by atoms with Crippen LogP contribution in [0.1, 0.15) is 0 Å².